The van der Waals surface area contributed by atoms with Crippen LogP contribution in [0.1, 0.15) is 86.1 Å². The molecule has 0 saturated carbocycles. The van der Waals surface area contributed by atoms with Crippen LogP contribution in [-0.2, 0) is 33.6 Å². The Bertz CT molecular complexity index is 1690. The Morgan fingerprint density at radius 2 is 1.27 bits per heavy atom. The Kier molecular flexibility index (Phi) is 12.0. The van der Waals surface area contributed by atoms with E-state index in [0.717, 1.165) is 29.9 Å². The Labute approximate surface area is 281 Å². The van der Waals surface area contributed by atoms with Crippen molar-refractivity contribution in [3.63, 3.8) is 0 Å². The second-order valence-electron chi connectivity index (χ2n) is 13.7. The molecule has 2 N–H and O–H groups in total. The molecule has 264 valence electrons. The van der Waals surface area contributed by atoms with E-state index in [1.807, 2.05) is 34.6 Å². The van der Waals surface area contributed by atoms with Gasteiger partial charge in [-0.25, -0.2) is 32.9 Å². The number of benzene rings is 1. The third-order valence-electron chi connectivity index (χ3n) is 10.1. The molecule has 3 rings (SSSR count). The highest BCUT2D eigenvalue weighted by Crippen LogP contribution is 2.37. The van der Waals surface area contributed by atoms with Crippen molar-refractivity contribution in [1.29, 1.82) is 0 Å². The lowest BCUT2D eigenvalue weighted by Crippen LogP contribution is -2.69. The minimum absolute atomic E-state index is 0.0229. The molecule has 1 aromatic heterocycles. The number of hydrogen-bond acceptors (Lipinski definition) is 8. The topological polar surface area (TPSA) is 164 Å². The summed E-state index contributed by atoms with van der Waals surface area (Å²) in [5.41, 5.74) is -5.44. The fourth-order valence-corrected chi connectivity index (χ4v) is 6.31. The summed E-state index contributed by atoms with van der Waals surface area (Å²) >= 11 is 0. The van der Waals surface area contributed by atoms with Crippen LogP contribution in [0.2, 0.25) is 0 Å². The van der Waals surface area contributed by atoms with E-state index in [9.17, 15) is 39.0 Å². The number of allylic oxidation sites excluding steroid dienone is 1. The first kappa shape index (κ1) is 38.3. The minimum Gasteiger partial charge on any atom is -0.391 e. The minimum atomic E-state index is -1.83. The van der Waals surface area contributed by atoms with Crippen molar-refractivity contribution in [2.45, 2.75) is 117 Å². The van der Waals surface area contributed by atoms with E-state index in [1.54, 1.807) is 44.2 Å². The zero-order valence-corrected chi connectivity index (χ0v) is 29.3. The number of urea groups is 1. The lowest BCUT2D eigenvalue weighted by Gasteiger charge is -2.45. The maximum absolute atomic E-state index is 14.3. The monoisotopic (exact) mass is 669 g/mol. The number of aliphatic hydroxyl groups is 2. The van der Waals surface area contributed by atoms with Crippen molar-refractivity contribution < 1.29 is 24.6 Å². The van der Waals surface area contributed by atoms with Crippen molar-refractivity contribution >= 4 is 17.8 Å². The van der Waals surface area contributed by atoms with Crippen molar-refractivity contribution in [3.8, 4) is 0 Å². The van der Waals surface area contributed by atoms with Crippen LogP contribution in [0.3, 0.4) is 0 Å². The molecule has 1 aromatic carbocycles. The molecule has 13 nitrogen and oxygen atoms in total. The summed E-state index contributed by atoms with van der Waals surface area (Å²) in [6, 6.07) is 7.26. The van der Waals surface area contributed by atoms with Crippen LogP contribution in [0.15, 0.2) is 57.4 Å². The van der Waals surface area contributed by atoms with Gasteiger partial charge in [0.25, 0.3) is 11.8 Å². The number of amides is 4. The molecule has 0 bridgehead atoms. The highest BCUT2D eigenvalue weighted by atomic mass is 16.3. The molecule has 48 heavy (non-hydrogen) atoms. The number of hydrogen-bond donors (Lipinski definition) is 2. The maximum Gasteiger partial charge on any atom is 0.337 e. The number of nitrogens with zero attached hydrogens (tertiary/aromatic N) is 5. The van der Waals surface area contributed by atoms with E-state index in [2.05, 4.69) is 6.58 Å². The molecular formula is C35H51N5O8. The number of barbiturate groups is 1. The van der Waals surface area contributed by atoms with Gasteiger partial charge in [0.2, 0.25) is 0 Å². The average Bonchev–Trinajstić information content (AvgIpc) is 3.06. The Hall–Kier alpha value is -4.10. The molecule has 13 heteroatoms. The van der Waals surface area contributed by atoms with Gasteiger partial charge in [-0.05, 0) is 43.6 Å². The second kappa shape index (κ2) is 15.0. The van der Waals surface area contributed by atoms with Crippen LogP contribution in [0.4, 0.5) is 4.79 Å². The SMILES string of the molecule is C=CCn1c(=O)n(CC(O)CN2C(=O)N(CC(O)CC(C)(C)CC)C(=O)C(CC)(c3ccccc3)C2=O)c(=O)n(C(C)(CC)CC)c1=O. The average molecular weight is 670 g/mol. The molecule has 0 spiro atoms. The number of aromatic nitrogens is 3. The Morgan fingerprint density at radius 3 is 1.75 bits per heavy atom. The standard InChI is InChI=1S/C35H51N5O8/c1-9-19-36-29(45)39(32(48)40(31(36)47)34(8,11-3)12-4)23-26(42)22-38-28(44)35(13-5,24-17-15-14-16-18-24)27(43)37(30(38)46)21-25(41)20-33(6,7)10-2/h9,14-18,25-26,41-42H,1,10-13,19-23H2,2-8H3. The number of imide groups is 2. The van der Waals surface area contributed by atoms with Gasteiger partial charge in [0, 0.05) is 0 Å². The summed E-state index contributed by atoms with van der Waals surface area (Å²) in [6.45, 7) is 14.6. The van der Waals surface area contributed by atoms with Gasteiger partial charge in [0.05, 0.1) is 43.9 Å². The van der Waals surface area contributed by atoms with Crippen molar-refractivity contribution in [2.24, 2.45) is 5.41 Å². The molecule has 2 heterocycles. The van der Waals surface area contributed by atoms with Gasteiger partial charge in [0.1, 0.15) is 0 Å². The van der Waals surface area contributed by atoms with Crippen LogP contribution in [0, 0.1) is 5.41 Å². The lowest BCUT2D eigenvalue weighted by atomic mass is 9.74. The molecule has 1 aliphatic heterocycles. The summed E-state index contributed by atoms with van der Waals surface area (Å²) in [4.78, 5) is 84.5. The summed E-state index contributed by atoms with van der Waals surface area (Å²) < 4.78 is 2.57. The van der Waals surface area contributed by atoms with E-state index in [0.29, 0.717) is 18.4 Å². The first-order valence-corrected chi connectivity index (χ1v) is 16.7. The van der Waals surface area contributed by atoms with Gasteiger partial charge in [0.15, 0.2) is 5.41 Å². The lowest BCUT2D eigenvalue weighted by molar-refractivity contribution is -0.154. The first-order chi connectivity index (χ1) is 22.5. The number of rotatable bonds is 16. The van der Waals surface area contributed by atoms with E-state index in [1.165, 1.54) is 6.08 Å². The normalized spacial score (nSPS) is 18.7. The molecule has 0 aliphatic carbocycles. The van der Waals surface area contributed by atoms with E-state index >= 15 is 0 Å². The Balaban J connectivity index is 2.12. The van der Waals surface area contributed by atoms with Crippen LogP contribution in [0.25, 0.3) is 0 Å². The molecule has 1 fully saturated rings. The molecule has 3 unspecified atom stereocenters. The van der Waals surface area contributed by atoms with E-state index in [-0.39, 0.29) is 31.3 Å². The van der Waals surface area contributed by atoms with E-state index < -0.39 is 71.2 Å². The number of carbonyl (C=O) groups excluding carboxylic acids is 3. The second-order valence-corrected chi connectivity index (χ2v) is 13.7. The number of carbonyl (C=O) groups is 3. The van der Waals surface area contributed by atoms with Gasteiger partial charge in [-0.3, -0.25) is 19.4 Å². The largest absolute Gasteiger partial charge is 0.391 e. The van der Waals surface area contributed by atoms with E-state index in [4.69, 9.17) is 0 Å². The molecule has 4 amide bonds. The van der Waals surface area contributed by atoms with Crippen LogP contribution >= 0.6 is 0 Å². The van der Waals surface area contributed by atoms with Crippen molar-refractivity contribution in [1.82, 2.24) is 23.5 Å². The maximum atomic E-state index is 14.3. The fraction of sp³-hybridized carbons (Fsp3) is 0.600. The van der Waals surface area contributed by atoms with Crippen molar-refractivity contribution in [3.05, 3.63) is 80.0 Å². The summed E-state index contributed by atoms with van der Waals surface area (Å²) in [5, 5.41) is 22.4. The molecule has 3 atom stereocenters. The predicted molar refractivity (Wildman–Crippen MR) is 182 cm³/mol. The number of aliphatic hydroxyl groups excluding tert-OH is 2. The molecule has 1 aliphatic rings. The third kappa shape index (κ3) is 7.02. The van der Waals surface area contributed by atoms with Crippen LogP contribution in [0.5, 0.6) is 0 Å². The highest BCUT2D eigenvalue weighted by molar-refractivity contribution is 6.22. The van der Waals surface area contributed by atoms with Crippen LogP contribution in [-0.4, -0.2) is 76.9 Å². The number of β-amino-alcohol motifs (C(OH)–C–C–N with tert-alkyl or cyclic N) is 2. The third-order valence-corrected chi connectivity index (χ3v) is 10.1. The Morgan fingerprint density at radius 1 is 0.750 bits per heavy atom. The van der Waals surface area contributed by atoms with Gasteiger partial charge >= 0.3 is 23.1 Å². The molecule has 2 aromatic rings. The first-order valence-electron chi connectivity index (χ1n) is 16.7. The molecular weight excluding hydrogens is 618 g/mol. The fourth-order valence-electron chi connectivity index (χ4n) is 6.31. The summed E-state index contributed by atoms with van der Waals surface area (Å²) in [6.07, 6.45) is 0.396. The molecule has 0 radical (unpaired) electrons. The molecule has 1 saturated heterocycles. The van der Waals surface area contributed by atoms with Crippen LogP contribution < -0.4 is 17.1 Å². The van der Waals surface area contributed by atoms with Gasteiger partial charge in [-0.15, -0.1) is 6.58 Å². The highest BCUT2D eigenvalue weighted by Gasteiger charge is 2.57. The summed E-state index contributed by atoms with van der Waals surface area (Å²) in [5.74, 6) is -1.64. The van der Waals surface area contributed by atoms with Gasteiger partial charge in [-0.1, -0.05) is 84.4 Å². The zero-order chi connectivity index (χ0) is 36.2. The summed E-state index contributed by atoms with van der Waals surface area (Å²) in [7, 11) is 0. The predicted octanol–water partition coefficient (Wildman–Crippen LogP) is 2.58. The zero-order valence-electron chi connectivity index (χ0n) is 29.3. The van der Waals surface area contributed by atoms with Gasteiger partial charge < -0.3 is 10.2 Å². The quantitative estimate of drug-likeness (QED) is 0.204. The van der Waals surface area contributed by atoms with Gasteiger partial charge in [-0.2, -0.15) is 0 Å². The smallest absolute Gasteiger partial charge is 0.337 e. The van der Waals surface area contributed by atoms with Crippen molar-refractivity contribution in [2.75, 3.05) is 13.1 Å².